The summed E-state index contributed by atoms with van der Waals surface area (Å²) in [5, 5.41) is 10.8. The second kappa shape index (κ2) is 10.9. The zero-order valence-electron chi connectivity index (χ0n) is 17.5. The van der Waals surface area contributed by atoms with Gasteiger partial charge in [-0.05, 0) is 35.9 Å². The maximum atomic E-state index is 12.6. The van der Waals surface area contributed by atoms with Crippen molar-refractivity contribution >= 4 is 35.1 Å². The van der Waals surface area contributed by atoms with E-state index in [1.165, 1.54) is 0 Å². The Hall–Kier alpha value is -3.92. The molecule has 168 valence electrons. The molecule has 32 heavy (non-hydrogen) atoms. The largest absolute Gasteiger partial charge is 0.370 e. The molecule has 0 unspecified atom stereocenters. The van der Waals surface area contributed by atoms with Crippen molar-refractivity contribution in [2.24, 2.45) is 5.73 Å². The Bertz CT molecular complexity index is 992. The van der Waals surface area contributed by atoms with Gasteiger partial charge >= 0.3 is 6.03 Å². The van der Waals surface area contributed by atoms with Crippen molar-refractivity contribution in [3.63, 3.8) is 0 Å². The lowest BCUT2D eigenvalue weighted by Crippen LogP contribution is -2.47. The first-order valence-corrected chi connectivity index (χ1v) is 10.2. The standard InChI is InChI=1S/C22H26N6O4/c23-19(29)8-9-25-22(32)27-18-3-1-2-17(12-18)26-21(31)16-6-4-15(5-7-16)13-28-11-10-24-20(30)14-28/h1-7,12H,8-11,13-14H2,(H2,23,29)(H,24,30)(H,26,31)(H2,25,27,32). The number of hydrogen-bond acceptors (Lipinski definition) is 5. The monoisotopic (exact) mass is 438 g/mol. The average molecular weight is 438 g/mol. The SMILES string of the molecule is NC(=O)CCNC(=O)Nc1cccc(NC(=O)c2ccc(CN3CCNC(=O)C3)cc2)c1. The molecule has 1 saturated heterocycles. The fourth-order valence-electron chi connectivity index (χ4n) is 3.20. The van der Waals surface area contributed by atoms with Gasteiger partial charge in [0.25, 0.3) is 5.91 Å². The number of hydrogen-bond donors (Lipinski definition) is 5. The fraction of sp³-hybridized carbons (Fsp3) is 0.273. The van der Waals surface area contributed by atoms with E-state index in [9.17, 15) is 19.2 Å². The van der Waals surface area contributed by atoms with Gasteiger partial charge in [0.2, 0.25) is 11.8 Å². The van der Waals surface area contributed by atoms with Crippen molar-refractivity contribution in [1.29, 1.82) is 0 Å². The molecule has 2 aromatic rings. The van der Waals surface area contributed by atoms with E-state index >= 15 is 0 Å². The summed E-state index contributed by atoms with van der Waals surface area (Å²) >= 11 is 0. The van der Waals surface area contributed by atoms with Gasteiger partial charge in [0.15, 0.2) is 0 Å². The van der Waals surface area contributed by atoms with E-state index in [1.807, 2.05) is 12.1 Å². The van der Waals surface area contributed by atoms with Crippen molar-refractivity contribution in [2.45, 2.75) is 13.0 Å². The second-order valence-electron chi connectivity index (χ2n) is 7.39. The predicted octanol–water partition coefficient (Wildman–Crippen LogP) is 0.868. The topological polar surface area (TPSA) is 146 Å². The summed E-state index contributed by atoms with van der Waals surface area (Å²) in [7, 11) is 0. The lowest BCUT2D eigenvalue weighted by molar-refractivity contribution is -0.124. The van der Waals surface area contributed by atoms with E-state index in [0.29, 0.717) is 36.6 Å². The molecule has 1 aliphatic rings. The van der Waals surface area contributed by atoms with Crippen molar-refractivity contribution < 1.29 is 19.2 Å². The molecule has 10 heteroatoms. The Labute approximate surface area is 185 Å². The van der Waals surface area contributed by atoms with Gasteiger partial charge in [-0.2, -0.15) is 0 Å². The summed E-state index contributed by atoms with van der Waals surface area (Å²) in [4.78, 5) is 48.7. The Kier molecular flexibility index (Phi) is 7.76. The van der Waals surface area contributed by atoms with Crippen LogP contribution in [-0.2, 0) is 16.1 Å². The Morgan fingerprint density at radius 2 is 1.75 bits per heavy atom. The van der Waals surface area contributed by atoms with Gasteiger partial charge in [-0.25, -0.2) is 4.79 Å². The number of piperazine rings is 1. The van der Waals surface area contributed by atoms with Crippen LogP contribution in [0, 0.1) is 0 Å². The summed E-state index contributed by atoms with van der Waals surface area (Å²) in [6.07, 6.45) is 0.0513. The molecule has 0 spiro atoms. The van der Waals surface area contributed by atoms with Crippen LogP contribution in [0.15, 0.2) is 48.5 Å². The maximum Gasteiger partial charge on any atom is 0.319 e. The summed E-state index contributed by atoms with van der Waals surface area (Å²) in [5.74, 6) is -0.758. The van der Waals surface area contributed by atoms with Crippen LogP contribution in [0.2, 0.25) is 0 Å². The number of nitrogens with zero attached hydrogens (tertiary/aromatic N) is 1. The molecule has 0 aliphatic carbocycles. The molecule has 0 atom stereocenters. The summed E-state index contributed by atoms with van der Waals surface area (Å²) in [5.41, 5.74) is 7.55. The molecule has 0 saturated carbocycles. The van der Waals surface area contributed by atoms with Crippen molar-refractivity contribution in [1.82, 2.24) is 15.5 Å². The van der Waals surface area contributed by atoms with E-state index in [0.717, 1.165) is 12.1 Å². The molecule has 10 nitrogen and oxygen atoms in total. The van der Waals surface area contributed by atoms with Gasteiger partial charge in [-0.3, -0.25) is 19.3 Å². The lowest BCUT2D eigenvalue weighted by atomic mass is 10.1. The number of nitrogens with two attached hydrogens (primary N) is 1. The van der Waals surface area contributed by atoms with Crippen LogP contribution in [0.25, 0.3) is 0 Å². The first kappa shape index (κ1) is 22.8. The second-order valence-corrected chi connectivity index (χ2v) is 7.39. The van der Waals surface area contributed by atoms with Crippen LogP contribution >= 0.6 is 0 Å². The van der Waals surface area contributed by atoms with Crippen LogP contribution in [0.1, 0.15) is 22.3 Å². The molecule has 1 fully saturated rings. The third-order valence-corrected chi connectivity index (χ3v) is 4.77. The Balaban J connectivity index is 1.52. The van der Waals surface area contributed by atoms with Gasteiger partial charge in [0.05, 0.1) is 6.54 Å². The minimum atomic E-state index is -0.498. The van der Waals surface area contributed by atoms with Crippen LogP contribution in [0.4, 0.5) is 16.2 Å². The van der Waals surface area contributed by atoms with E-state index in [-0.39, 0.29) is 24.8 Å². The number of carbonyl (C=O) groups is 4. The quantitative estimate of drug-likeness (QED) is 0.415. The van der Waals surface area contributed by atoms with Gasteiger partial charge in [-0.15, -0.1) is 0 Å². The molecule has 6 N–H and O–H groups in total. The van der Waals surface area contributed by atoms with E-state index in [2.05, 4.69) is 26.2 Å². The number of benzene rings is 2. The molecule has 1 aliphatic heterocycles. The average Bonchev–Trinajstić information content (AvgIpc) is 2.74. The first-order valence-electron chi connectivity index (χ1n) is 10.2. The van der Waals surface area contributed by atoms with E-state index in [1.54, 1.807) is 36.4 Å². The Morgan fingerprint density at radius 1 is 1.03 bits per heavy atom. The highest BCUT2D eigenvalue weighted by Gasteiger charge is 2.16. The minimum absolute atomic E-state index is 0.0205. The van der Waals surface area contributed by atoms with Gasteiger partial charge < -0.3 is 27.0 Å². The fourth-order valence-corrected chi connectivity index (χ4v) is 3.20. The number of nitrogens with one attached hydrogen (secondary N) is 4. The molecule has 0 bridgehead atoms. The molecular formula is C22H26N6O4. The maximum absolute atomic E-state index is 12.6. The highest BCUT2D eigenvalue weighted by Crippen LogP contribution is 2.17. The molecule has 0 radical (unpaired) electrons. The third-order valence-electron chi connectivity index (χ3n) is 4.77. The number of rotatable bonds is 8. The first-order chi connectivity index (χ1) is 15.4. The zero-order chi connectivity index (χ0) is 22.9. The van der Waals surface area contributed by atoms with Crippen molar-refractivity contribution in [3.05, 3.63) is 59.7 Å². The highest BCUT2D eigenvalue weighted by atomic mass is 16.2. The van der Waals surface area contributed by atoms with Gasteiger partial charge in [0.1, 0.15) is 0 Å². The number of carbonyl (C=O) groups excluding carboxylic acids is 4. The number of primary amides is 1. The number of amides is 5. The van der Waals surface area contributed by atoms with Crippen molar-refractivity contribution in [2.75, 3.05) is 36.8 Å². The summed E-state index contributed by atoms with van der Waals surface area (Å²) < 4.78 is 0. The summed E-state index contributed by atoms with van der Waals surface area (Å²) in [6, 6.07) is 13.5. The van der Waals surface area contributed by atoms with Crippen LogP contribution in [0.3, 0.4) is 0 Å². The number of urea groups is 1. The van der Waals surface area contributed by atoms with E-state index < -0.39 is 11.9 Å². The minimum Gasteiger partial charge on any atom is -0.370 e. The van der Waals surface area contributed by atoms with E-state index in [4.69, 9.17) is 5.73 Å². The van der Waals surface area contributed by atoms with Crippen LogP contribution < -0.4 is 27.0 Å². The van der Waals surface area contributed by atoms with Crippen molar-refractivity contribution in [3.8, 4) is 0 Å². The Morgan fingerprint density at radius 3 is 2.44 bits per heavy atom. The lowest BCUT2D eigenvalue weighted by Gasteiger charge is -2.26. The molecule has 1 heterocycles. The molecule has 5 amide bonds. The normalized spacial score (nSPS) is 13.7. The molecular weight excluding hydrogens is 412 g/mol. The van der Waals surface area contributed by atoms with Gasteiger partial charge in [0, 0.05) is 49.5 Å². The highest BCUT2D eigenvalue weighted by molar-refractivity contribution is 6.04. The number of anilines is 2. The predicted molar refractivity (Wildman–Crippen MR) is 120 cm³/mol. The molecule has 0 aromatic heterocycles. The van der Waals surface area contributed by atoms with Crippen LogP contribution in [0.5, 0.6) is 0 Å². The van der Waals surface area contributed by atoms with Gasteiger partial charge in [-0.1, -0.05) is 18.2 Å². The van der Waals surface area contributed by atoms with Crippen LogP contribution in [-0.4, -0.2) is 54.8 Å². The molecule has 3 rings (SSSR count). The molecule has 2 aromatic carbocycles. The third kappa shape index (κ3) is 7.10. The summed E-state index contributed by atoms with van der Waals surface area (Å²) in [6.45, 7) is 2.59. The smallest absolute Gasteiger partial charge is 0.319 e. The zero-order valence-corrected chi connectivity index (χ0v) is 17.5.